The number of hydrogen-bond donors (Lipinski definition) is 0. The van der Waals surface area contributed by atoms with Gasteiger partial charge in [0.2, 0.25) is 6.10 Å². The fourth-order valence-electron chi connectivity index (χ4n) is 1.43. The van der Waals surface area contributed by atoms with E-state index in [1.165, 1.54) is 0 Å². The molecule has 0 saturated carbocycles. The number of ether oxygens (including phenoxy) is 1. The lowest BCUT2D eigenvalue weighted by Gasteiger charge is -2.10. The minimum atomic E-state index is -0.987. The van der Waals surface area contributed by atoms with Gasteiger partial charge in [0.1, 0.15) is 6.07 Å². The Labute approximate surface area is 104 Å². The minimum absolute atomic E-state index is 0.411. The van der Waals surface area contributed by atoms with Crippen LogP contribution >= 0.6 is 0 Å². The number of rotatable bonds is 3. The maximum absolute atomic E-state index is 11.8. The second kappa shape index (κ2) is 5.60. The van der Waals surface area contributed by atoms with Gasteiger partial charge in [-0.05, 0) is 24.3 Å². The van der Waals surface area contributed by atoms with Crippen LogP contribution in [-0.4, -0.2) is 11.0 Å². The van der Waals surface area contributed by atoms with Crippen molar-refractivity contribution in [2.45, 2.75) is 6.10 Å². The summed E-state index contributed by atoms with van der Waals surface area (Å²) in [5.74, 6) is -0.534. The van der Waals surface area contributed by atoms with Gasteiger partial charge in [0.25, 0.3) is 0 Å². The summed E-state index contributed by atoms with van der Waals surface area (Å²) in [7, 11) is 0. The molecule has 0 fully saturated rings. The quantitative estimate of drug-likeness (QED) is 0.771. The van der Waals surface area contributed by atoms with Gasteiger partial charge in [0.15, 0.2) is 0 Å². The molecule has 1 aromatic heterocycles. The van der Waals surface area contributed by atoms with Crippen molar-refractivity contribution < 1.29 is 9.53 Å². The van der Waals surface area contributed by atoms with Crippen molar-refractivity contribution in [3.05, 3.63) is 66.0 Å². The maximum Gasteiger partial charge on any atom is 0.339 e. The normalized spacial score (nSPS) is 11.3. The van der Waals surface area contributed by atoms with Crippen LogP contribution in [0.1, 0.15) is 22.2 Å². The fourth-order valence-corrected chi connectivity index (χ4v) is 1.43. The first-order valence-corrected chi connectivity index (χ1v) is 5.38. The fraction of sp³-hybridized carbons (Fsp3) is 0.0714. The first-order valence-electron chi connectivity index (χ1n) is 5.38. The Kier molecular flexibility index (Phi) is 3.67. The van der Waals surface area contributed by atoms with Gasteiger partial charge in [-0.25, -0.2) is 4.79 Å². The number of nitriles is 1. The van der Waals surface area contributed by atoms with Crippen LogP contribution in [0.5, 0.6) is 0 Å². The highest BCUT2D eigenvalue weighted by Crippen LogP contribution is 2.15. The molecule has 1 heterocycles. The summed E-state index contributed by atoms with van der Waals surface area (Å²) in [4.78, 5) is 15.8. The highest BCUT2D eigenvalue weighted by Gasteiger charge is 2.17. The largest absolute Gasteiger partial charge is 0.437 e. The van der Waals surface area contributed by atoms with Gasteiger partial charge in [-0.1, -0.05) is 24.3 Å². The van der Waals surface area contributed by atoms with Crippen molar-refractivity contribution in [2.75, 3.05) is 0 Å². The first-order chi connectivity index (χ1) is 8.81. The molecule has 88 valence electrons. The highest BCUT2D eigenvalue weighted by atomic mass is 16.5. The van der Waals surface area contributed by atoms with E-state index in [4.69, 9.17) is 10.00 Å². The summed E-state index contributed by atoms with van der Waals surface area (Å²) < 4.78 is 5.11. The number of benzene rings is 1. The summed E-state index contributed by atoms with van der Waals surface area (Å²) in [6.45, 7) is 0. The van der Waals surface area contributed by atoms with Gasteiger partial charge in [0.05, 0.1) is 11.3 Å². The lowest BCUT2D eigenvalue weighted by molar-refractivity contribution is 0.0397. The smallest absolute Gasteiger partial charge is 0.339 e. The zero-order valence-corrected chi connectivity index (χ0v) is 9.48. The molecule has 0 aliphatic rings. The summed E-state index contributed by atoms with van der Waals surface area (Å²) >= 11 is 0. The Balaban J connectivity index is 2.14. The molecular weight excluding hydrogens is 228 g/mol. The van der Waals surface area contributed by atoms with Gasteiger partial charge < -0.3 is 4.74 Å². The average molecular weight is 238 g/mol. The Hall–Kier alpha value is -2.67. The molecule has 4 nitrogen and oxygen atoms in total. The number of esters is 1. The average Bonchev–Trinajstić information content (AvgIpc) is 2.46. The second-order valence-electron chi connectivity index (χ2n) is 3.54. The van der Waals surface area contributed by atoms with E-state index in [9.17, 15) is 4.79 Å². The molecule has 0 bridgehead atoms. The van der Waals surface area contributed by atoms with Crippen LogP contribution in [0.25, 0.3) is 0 Å². The highest BCUT2D eigenvalue weighted by molar-refractivity contribution is 5.89. The van der Waals surface area contributed by atoms with Gasteiger partial charge in [-0.15, -0.1) is 0 Å². The number of pyridine rings is 1. The molecule has 2 rings (SSSR count). The van der Waals surface area contributed by atoms with Gasteiger partial charge in [-0.3, -0.25) is 4.98 Å². The van der Waals surface area contributed by atoms with E-state index in [1.54, 1.807) is 54.7 Å². The van der Waals surface area contributed by atoms with Gasteiger partial charge >= 0.3 is 5.97 Å². The number of carbonyl (C=O) groups excluding carboxylic acids is 1. The van der Waals surface area contributed by atoms with Crippen LogP contribution in [0.2, 0.25) is 0 Å². The first kappa shape index (κ1) is 11.8. The molecule has 0 amide bonds. The predicted octanol–water partition coefficient (Wildman–Crippen LogP) is 2.50. The summed E-state index contributed by atoms with van der Waals surface area (Å²) in [6.07, 6.45) is 0.564. The van der Waals surface area contributed by atoms with E-state index in [-0.39, 0.29) is 0 Å². The lowest BCUT2D eigenvalue weighted by atomic mass is 10.2. The number of nitrogens with zero attached hydrogens (tertiary/aromatic N) is 2. The third-order valence-electron chi connectivity index (χ3n) is 2.31. The molecule has 0 spiro atoms. The van der Waals surface area contributed by atoms with Crippen LogP contribution in [0.3, 0.4) is 0 Å². The SMILES string of the molecule is N#CC(OC(=O)c1ccccc1)c1ccccn1. The van der Waals surface area contributed by atoms with Crippen molar-refractivity contribution in [1.29, 1.82) is 5.26 Å². The van der Waals surface area contributed by atoms with E-state index in [2.05, 4.69) is 4.98 Å². The molecular formula is C14H10N2O2. The third-order valence-corrected chi connectivity index (χ3v) is 2.31. The molecule has 1 atom stereocenters. The van der Waals surface area contributed by atoms with Crippen molar-refractivity contribution in [2.24, 2.45) is 0 Å². The lowest BCUT2D eigenvalue weighted by Crippen LogP contribution is -2.11. The van der Waals surface area contributed by atoms with Crippen LogP contribution in [0.15, 0.2) is 54.7 Å². The Morgan fingerprint density at radius 3 is 2.50 bits per heavy atom. The Bertz CT molecular complexity index is 561. The monoisotopic (exact) mass is 238 g/mol. The van der Waals surface area contributed by atoms with Crippen molar-refractivity contribution in [3.8, 4) is 6.07 Å². The zero-order chi connectivity index (χ0) is 12.8. The topological polar surface area (TPSA) is 63.0 Å². The standard InChI is InChI=1S/C14H10N2O2/c15-10-13(12-8-4-5-9-16-12)18-14(17)11-6-2-1-3-7-11/h1-9,13H. The summed E-state index contributed by atoms with van der Waals surface area (Å²) in [5.41, 5.74) is 0.831. The van der Waals surface area contributed by atoms with E-state index in [0.29, 0.717) is 11.3 Å². The van der Waals surface area contributed by atoms with Gasteiger partial charge in [-0.2, -0.15) is 5.26 Å². The number of aromatic nitrogens is 1. The zero-order valence-electron chi connectivity index (χ0n) is 9.48. The molecule has 0 saturated heterocycles. The predicted molar refractivity (Wildman–Crippen MR) is 64.4 cm³/mol. The molecule has 18 heavy (non-hydrogen) atoms. The minimum Gasteiger partial charge on any atom is -0.437 e. The molecule has 0 radical (unpaired) electrons. The van der Waals surface area contributed by atoms with Crippen LogP contribution in [0, 0.1) is 11.3 Å². The second-order valence-corrected chi connectivity index (χ2v) is 3.54. The van der Waals surface area contributed by atoms with Crippen molar-refractivity contribution in [1.82, 2.24) is 4.98 Å². The van der Waals surface area contributed by atoms with Crippen molar-refractivity contribution in [3.63, 3.8) is 0 Å². The summed E-state index contributed by atoms with van der Waals surface area (Å²) in [5, 5.41) is 9.01. The van der Waals surface area contributed by atoms with E-state index in [1.807, 2.05) is 6.07 Å². The van der Waals surface area contributed by atoms with E-state index < -0.39 is 12.1 Å². The van der Waals surface area contributed by atoms with Crippen LogP contribution in [0.4, 0.5) is 0 Å². The third kappa shape index (κ3) is 2.71. The Morgan fingerprint density at radius 1 is 1.17 bits per heavy atom. The van der Waals surface area contributed by atoms with E-state index >= 15 is 0 Å². The van der Waals surface area contributed by atoms with E-state index in [0.717, 1.165) is 0 Å². The van der Waals surface area contributed by atoms with Crippen molar-refractivity contribution >= 4 is 5.97 Å². The molecule has 0 N–H and O–H groups in total. The maximum atomic E-state index is 11.8. The molecule has 0 aliphatic carbocycles. The molecule has 2 aromatic rings. The van der Waals surface area contributed by atoms with Crippen LogP contribution < -0.4 is 0 Å². The number of carbonyl (C=O) groups is 1. The Morgan fingerprint density at radius 2 is 1.89 bits per heavy atom. The molecule has 1 aromatic carbocycles. The molecule has 0 aliphatic heterocycles. The van der Waals surface area contributed by atoms with Gasteiger partial charge in [0, 0.05) is 6.20 Å². The van der Waals surface area contributed by atoms with Crippen LogP contribution in [-0.2, 0) is 4.74 Å². The summed E-state index contributed by atoms with van der Waals surface area (Å²) in [6, 6.07) is 15.6. The molecule has 4 heteroatoms. The number of hydrogen-bond acceptors (Lipinski definition) is 4. The molecule has 1 unspecified atom stereocenters.